The number of carboxylic acid groups (broad SMARTS) is 1. The van der Waals surface area contributed by atoms with Crippen molar-refractivity contribution in [2.45, 2.75) is 25.9 Å². The van der Waals surface area contributed by atoms with E-state index in [0.717, 1.165) is 11.4 Å². The second kappa shape index (κ2) is 6.42. The van der Waals surface area contributed by atoms with E-state index < -0.39 is 5.97 Å². The second-order valence-corrected chi connectivity index (χ2v) is 5.86. The first-order chi connectivity index (χ1) is 11.0. The van der Waals surface area contributed by atoms with Crippen molar-refractivity contribution in [1.82, 2.24) is 14.7 Å². The van der Waals surface area contributed by atoms with Crippen LogP contribution in [-0.2, 0) is 24.3 Å². The quantitative estimate of drug-likeness (QED) is 0.930. The van der Waals surface area contributed by atoms with Crippen LogP contribution in [0.4, 0.5) is 0 Å². The van der Waals surface area contributed by atoms with Crippen molar-refractivity contribution in [1.29, 1.82) is 0 Å². The Morgan fingerprint density at radius 3 is 2.78 bits per heavy atom. The number of aryl methyl sites for hydroxylation is 1. The Kier molecular flexibility index (Phi) is 4.34. The fourth-order valence-electron chi connectivity index (χ4n) is 2.66. The lowest BCUT2D eigenvalue weighted by atomic mass is 10.1. The van der Waals surface area contributed by atoms with Gasteiger partial charge in [-0.2, -0.15) is 5.10 Å². The fraction of sp³-hybridized carbons (Fsp3) is 0.312. The highest BCUT2D eigenvalue weighted by atomic mass is 35.5. The van der Waals surface area contributed by atoms with Crippen LogP contribution >= 0.6 is 11.6 Å². The van der Waals surface area contributed by atoms with Gasteiger partial charge in [-0.1, -0.05) is 23.7 Å². The molecule has 2 aromatic rings. The van der Waals surface area contributed by atoms with Crippen molar-refractivity contribution in [3.05, 3.63) is 52.3 Å². The lowest BCUT2D eigenvalue weighted by molar-refractivity contribution is -0.136. The normalized spacial score (nSPS) is 13.7. The highest BCUT2D eigenvalue weighted by Gasteiger charge is 2.24. The molecule has 1 aliphatic rings. The summed E-state index contributed by atoms with van der Waals surface area (Å²) in [5.41, 5.74) is 2.15. The molecule has 0 saturated carbocycles. The first kappa shape index (κ1) is 15.6. The Balaban J connectivity index is 1.74. The van der Waals surface area contributed by atoms with Gasteiger partial charge in [0.15, 0.2) is 0 Å². The summed E-state index contributed by atoms with van der Waals surface area (Å²) in [5.74, 6) is -0.943. The van der Waals surface area contributed by atoms with E-state index >= 15 is 0 Å². The molecule has 6 nitrogen and oxygen atoms in total. The van der Waals surface area contributed by atoms with E-state index in [1.165, 1.54) is 0 Å². The highest BCUT2D eigenvalue weighted by molar-refractivity contribution is 6.33. The molecule has 1 aromatic heterocycles. The van der Waals surface area contributed by atoms with Crippen molar-refractivity contribution in [2.75, 3.05) is 6.54 Å². The Morgan fingerprint density at radius 2 is 2.04 bits per heavy atom. The van der Waals surface area contributed by atoms with Crippen LogP contribution in [0.1, 0.15) is 28.2 Å². The minimum atomic E-state index is -0.841. The number of hydrogen-bond acceptors (Lipinski definition) is 3. The number of fused-ring (bicyclic) bond motifs is 1. The molecule has 0 aliphatic carbocycles. The van der Waals surface area contributed by atoms with Crippen molar-refractivity contribution in [3.63, 3.8) is 0 Å². The molecule has 0 unspecified atom stereocenters. The summed E-state index contributed by atoms with van der Waals surface area (Å²) in [6.45, 7) is 1.60. The minimum Gasteiger partial charge on any atom is -0.481 e. The maximum absolute atomic E-state index is 12.6. The van der Waals surface area contributed by atoms with Gasteiger partial charge in [0.05, 0.1) is 41.5 Å². The summed E-state index contributed by atoms with van der Waals surface area (Å²) in [4.78, 5) is 25.0. The first-order valence-electron chi connectivity index (χ1n) is 7.36. The van der Waals surface area contributed by atoms with E-state index in [1.54, 1.807) is 29.2 Å². The van der Waals surface area contributed by atoms with Gasteiger partial charge >= 0.3 is 5.97 Å². The third-order valence-corrected chi connectivity index (χ3v) is 4.16. The van der Waals surface area contributed by atoms with Gasteiger partial charge in [0, 0.05) is 13.0 Å². The average molecular weight is 334 g/mol. The Hall–Kier alpha value is -2.34. The van der Waals surface area contributed by atoms with Crippen LogP contribution in [0, 0.1) is 0 Å². The first-order valence-corrected chi connectivity index (χ1v) is 7.73. The maximum atomic E-state index is 12.6. The van der Waals surface area contributed by atoms with Crippen molar-refractivity contribution < 1.29 is 14.7 Å². The van der Waals surface area contributed by atoms with Crippen LogP contribution in [0.2, 0.25) is 5.02 Å². The minimum absolute atomic E-state index is 0.0543. The number of hydrogen-bond donors (Lipinski definition) is 1. The van der Waals surface area contributed by atoms with Gasteiger partial charge in [-0.05, 0) is 18.2 Å². The van der Waals surface area contributed by atoms with Crippen molar-refractivity contribution >= 4 is 23.5 Å². The number of rotatable bonds is 4. The average Bonchev–Trinajstić information content (AvgIpc) is 2.94. The molecule has 7 heteroatoms. The van der Waals surface area contributed by atoms with Crippen molar-refractivity contribution in [2.24, 2.45) is 0 Å². The molecule has 0 radical (unpaired) electrons. The molecule has 1 N–H and O–H groups in total. The van der Waals surface area contributed by atoms with Gasteiger partial charge in [0.25, 0.3) is 5.91 Å². The molecule has 1 aliphatic heterocycles. The molecular weight excluding hydrogens is 318 g/mol. The van der Waals surface area contributed by atoms with Gasteiger partial charge in [0.2, 0.25) is 0 Å². The van der Waals surface area contributed by atoms with E-state index in [0.29, 0.717) is 36.6 Å². The Labute approximate surface area is 138 Å². The van der Waals surface area contributed by atoms with Crippen LogP contribution in [0.15, 0.2) is 30.3 Å². The standard InChI is InChI=1S/C16H16ClN3O3/c17-14-4-2-1-3-13(14)16(23)19-7-8-20-12(10-19)9-11(18-20)5-6-15(21)22/h1-4,9H,5-8,10H2,(H,21,22). The Bertz CT molecular complexity index is 757. The lowest BCUT2D eigenvalue weighted by Crippen LogP contribution is -2.38. The van der Waals surface area contributed by atoms with E-state index in [-0.39, 0.29) is 12.3 Å². The topological polar surface area (TPSA) is 75.4 Å². The molecule has 3 rings (SSSR count). The predicted octanol–water partition coefficient (Wildman–Crippen LogP) is 2.21. The van der Waals surface area contributed by atoms with Crippen LogP contribution < -0.4 is 0 Å². The van der Waals surface area contributed by atoms with E-state index in [2.05, 4.69) is 5.10 Å². The summed E-state index contributed by atoms with van der Waals surface area (Å²) in [6, 6.07) is 8.87. The van der Waals surface area contributed by atoms with Gasteiger partial charge in [-0.25, -0.2) is 0 Å². The highest BCUT2D eigenvalue weighted by Crippen LogP contribution is 2.21. The van der Waals surface area contributed by atoms with E-state index in [9.17, 15) is 9.59 Å². The monoisotopic (exact) mass is 333 g/mol. The summed E-state index contributed by atoms with van der Waals surface area (Å²) in [7, 11) is 0. The molecule has 0 fully saturated rings. The van der Waals surface area contributed by atoms with Gasteiger partial charge < -0.3 is 10.0 Å². The molecule has 0 bridgehead atoms. The van der Waals surface area contributed by atoms with Crippen LogP contribution in [0.5, 0.6) is 0 Å². The van der Waals surface area contributed by atoms with E-state index in [4.69, 9.17) is 16.7 Å². The largest absolute Gasteiger partial charge is 0.481 e. The SMILES string of the molecule is O=C(O)CCc1cc2n(n1)CCN(C(=O)c1ccccc1Cl)C2. The summed E-state index contributed by atoms with van der Waals surface area (Å²) in [5, 5.41) is 13.6. The molecule has 23 heavy (non-hydrogen) atoms. The lowest BCUT2D eigenvalue weighted by Gasteiger charge is -2.28. The third-order valence-electron chi connectivity index (χ3n) is 3.83. The second-order valence-electron chi connectivity index (χ2n) is 5.45. The molecular formula is C16H16ClN3O3. The number of nitrogens with zero attached hydrogens (tertiary/aromatic N) is 3. The van der Waals surface area contributed by atoms with Gasteiger partial charge in [-0.3, -0.25) is 14.3 Å². The molecule has 0 atom stereocenters. The number of carbonyl (C=O) groups excluding carboxylic acids is 1. The zero-order chi connectivity index (χ0) is 16.4. The number of benzene rings is 1. The zero-order valence-corrected chi connectivity index (χ0v) is 13.2. The predicted molar refractivity (Wildman–Crippen MR) is 84.4 cm³/mol. The smallest absolute Gasteiger partial charge is 0.303 e. The molecule has 0 spiro atoms. The number of halogens is 1. The molecule has 2 heterocycles. The molecule has 0 saturated heterocycles. The van der Waals surface area contributed by atoms with Crippen LogP contribution in [0.3, 0.4) is 0 Å². The molecule has 1 aromatic carbocycles. The maximum Gasteiger partial charge on any atom is 0.303 e. The summed E-state index contributed by atoms with van der Waals surface area (Å²) in [6.07, 6.45) is 0.451. The zero-order valence-electron chi connectivity index (χ0n) is 12.4. The number of amides is 1. The molecule has 1 amide bonds. The van der Waals surface area contributed by atoms with E-state index in [1.807, 2.05) is 10.7 Å². The summed E-state index contributed by atoms with van der Waals surface area (Å²) < 4.78 is 1.84. The van der Waals surface area contributed by atoms with Crippen molar-refractivity contribution in [3.8, 4) is 0 Å². The van der Waals surface area contributed by atoms with Crippen LogP contribution in [0.25, 0.3) is 0 Å². The van der Waals surface area contributed by atoms with Crippen LogP contribution in [-0.4, -0.2) is 38.2 Å². The molecule has 120 valence electrons. The number of aliphatic carboxylic acids is 1. The van der Waals surface area contributed by atoms with Gasteiger partial charge in [0.1, 0.15) is 0 Å². The summed E-state index contributed by atoms with van der Waals surface area (Å²) >= 11 is 6.09. The number of aromatic nitrogens is 2. The Morgan fingerprint density at radius 1 is 1.26 bits per heavy atom. The number of carboxylic acids is 1. The fourth-order valence-corrected chi connectivity index (χ4v) is 2.88. The van der Waals surface area contributed by atoms with Gasteiger partial charge in [-0.15, -0.1) is 0 Å². The number of carbonyl (C=O) groups is 2. The third kappa shape index (κ3) is 3.37.